The monoisotopic (exact) mass is 1320 g/mol. The molecule has 542 valence electrons. The second-order valence-electron chi connectivity index (χ2n) is 26.9. The van der Waals surface area contributed by atoms with E-state index in [4.69, 9.17) is 18.9 Å². The summed E-state index contributed by atoms with van der Waals surface area (Å²) in [4.78, 5) is 37.7. The third-order valence-corrected chi connectivity index (χ3v) is 16.6. The number of nitrogens with zero attached hydrogens (tertiary/aromatic N) is 1. The van der Waals surface area contributed by atoms with E-state index in [0.29, 0.717) is 17.4 Å². The Labute approximate surface area is 585 Å². The molecule has 9 heteroatoms. The Kier molecular flexibility index (Phi) is 71.1. The molecule has 0 rings (SSSR count). The maximum Gasteiger partial charge on any atom is 0.361 e. The van der Waals surface area contributed by atoms with Gasteiger partial charge < -0.3 is 28.5 Å². The molecule has 0 radical (unpaired) electrons. The van der Waals surface area contributed by atoms with Gasteiger partial charge in [-0.15, -0.1) is 0 Å². The van der Waals surface area contributed by atoms with Crippen molar-refractivity contribution in [1.29, 1.82) is 0 Å². The lowest BCUT2D eigenvalue weighted by Gasteiger charge is -2.25. The first-order valence-corrected chi connectivity index (χ1v) is 39.0. The number of rotatable bonds is 71. The number of quaternary nitrogens is 1. The molecule has 2 atom stereocenters. The number of aliphatic carboxylic acids is 1. The lowest BCUT2D eigenvalue weighted by atomic mass is 10.0. The van der Waals surface area contributed by atoms with Crippen LogP contribution in [0.2, 0.25) is 0 Å². The first kappa shape index (κ1) is 90.2. The topological polar surface area (TPSA) is 108 Å². The summed E-state index contributed by atoms with van der Waals surface area (Å²) in [5.74, 6) is -2.00. The van der Waals surface area contributed by atoms with Gasteiger partial charge in [0.25, 0.3) is 6.29 Å². The zero-order chi connectivity index (χ0) is 69.0. The summed E-state index contributed by atoms with van der Waals surface area (Å²) in [6.07, 6.45) is 107. The van der Waals surface area contributed by atoms with E-state index in [9.17, 15) is 19.5 Å². The van der Waals surface area contributed by atoms with Gasteiger partial charge in [0, 0.05) is 12.8 Å². The first-order chi connectivity index (χ1) is 46.6. The minimum atomic E-state index is -1.52. The molecular weight excluding hydrogens is 1170 g/mol. The lowest BCUT2D eigenvalue weighted by molar-refractivity contribution is -0.870. The Morgan fingerprint density at radius 1 is 0.316 bits per heavy atom. The number of carboxylic acids is 1. The molecule has 0 spiro atoms. The molecule has 0 fully saturated rings. The van der Waals surface area contributed by atoms with Gasteiger partial charge in [-0.1, -0.05) is 339 Å². The third kappa shape index (κ3) is 76.4. The molecule has 0 heterocycles. The van der Waals surface area contributed by atoms with Crippen molar-refractivity contribution in [3.8, 4) is 0 Å². The molecule has 95 heavy (non-hydrogen) atoms. The largest absolute Gasteiger partial charge is 0.477 e. The number of ether oxygens (including phenoxy) is 4. The molecule has 1 N–H and O–H groups in total. The molecule has 0 aromatic heterocycles. The minimum Gasteiger partial charge on any atom is -0.477 e. The number of allylic oxidation sites excluding steroid dienone is 24. The quantitative estimate of drug-likeness (QED) is 0.0211. The fraction of sp³-hybridized carbons (Fsp3) is 0.686. The van der Waals surface area contributed by atoms with Crippen molar-refractivity contribution in [2.24, 2.45) is 0 Å². The van der Waals surface area contributed by atoms with Crippen molar-refractivity contribution in [3.63, 3.8) is 0 Å². The highest BCUT2D eigenvalue weighted by Crippen LogP contribution is 2.18. The lowest BCUT2D eigenvalue weighted by Crippen LogP contribution is -2.40. The predicted octanol–water partition coefficient (Wildman–Crippen LogP) is 25.0. The molecular formula is C86H146NO8+. The molecule has 0 aliphatic carbocycles. The number of carboxylic acid groups (broad SMARTS) is 1. The van der Waals surface area contributed by atoms with Crippen LogP contribution in [0.3, 0.4) is 0 Å². The molecule has 9 nitrogen and oxygen atoms in total. The number of hydrogen-bond acceptors (Lipinski definition) is 7. The smallest absolute Gasteiger partial charge is 0.361 e. The van der Waals surface area contributed by atoms with E-state index in [2.05, 4.69) is 160 Å². The Morgan fingerprint density at radius 3 is 0.842 bits per heavy atom. The van der Waals surface area contributed by atoms with Crippen LogP contribution in [0.25, 0.3) is 0 Å². The molecule has 0 aromatic rings. The van der Waals surface area contributed by atoms with E-state index in [1.165, 1.54) is 180 Å². The van der Waals surface area contributed by atoms with Crippen molar-refractivity contribution < 1.29 is 42.9 Å². The van der Waals surface area contributed by atoms with Gasteiger partial charge in [-0.05, 0) is 116 Å². The van der Waals surface area contributed by atoms with E-state index >= 15 is 0 Å². The predicted molar refractivity (Wildman–Crippen MR) is 410 cm³/mol. The highest BCUT2D eigenvalue weighted by Gasteiger charge is 2.25. The molecule has 0 aromatic carbocycles. The van der Waals surface area contributed by atoms with E-state index in [0.717, 1.165) is 116 Å². The summed E-state index contributed by atoms with van der Waals surface area (Å²) in [6.45, 7) is 4.67. The Bertz CT molecular complexity index is 2080. The normalized spacial score (nSPS) is 13.5. The number of carbonyl (C=O) groups excluding carboxylic acids is 2. The summed E-state index contributed by atoms with van der Waals surface area (Å²) in [5.41, 5.74) is 0. The van der Waals surface area contributed by atoms with Crippen molar-refractivity contribution in [1.82, 2.24) is 0 Å². The van der Waals surface area contributed by atoms with E-state index < -0.39 is 24.3 Å². The molecule has 0 aliphatic heterocycles. The van der Waals surface area contributed by atoms with Gasteiger partial charge in [-0.3, -0.25) is 9.59 Å². The molecule has 2 unspecified atom stereocenters. The summed E-state index contributed by atoms with van der Waals surface area (Å²) in [7, 11) is 5.98. The number of esters is 2. The minimum absolute atomic E-state index is 0.184. The van der Waals surface area contributed by atoms with Gasteiger partial charge in [0.15, 0.2) is 6.10 Å². The van der Waals surface area contributed by atoms with Gasteiger partial charge in [-0.25, -0.2) is 4.79 Å². The SMILES string of the molecule is CC/C=C\C/C=C\C/C=C\C/C=C\C/C=C\C/C=C\C/C=C\CCCCCCCCCCCCCCCCCCCCCC(=O)OC(COC(=O)CCCCCCCCCCCCCCC/C=C\C/C=C\C/C=C\C/C=C\C/C=C\CC)COC(OCC[N+](C)(C)C)C(=O)O. The zero-order valence-corrected chi connectivity index (χ0v) is 62.0. The van der Waals surface area contributed by atoms with Crippen LogP contribution in [0.15, 0.2) is 146 Å². The Morgan fingerprint density at radius 2 is 0.568 bits per heavy atom. The van der Waals surface area contributed by atoms with Crippen LogP contribution < -0.4 is 0 Å². The summed E-state index contributed by atoms with van der Waals surface area (Å²) in [6, 6.07) is 0. The fourth-order valence-corrected chi connectivity index (χ4v) is 10.7. The summed E-state index contributed by atoms with van der Waals surface area (Å²) in [5, 5.41) is 9.77. The Hall–Kier alpha value is -4.83. The van der Waals surface area contributed by atoms with Crippen molar-refractivity contribution >= 4 is 17.9 Å². The molecule has 0 saturated heterocycles. The first-order valence-electron chi connectivity index (χ1n) is 39.0. The van der Waals surface area contributed by atoms with Crippen molar-refractivity contribution in [3.05, 3.63) is 146 Å². The summed E-state index contributed by atoms with van der Waals surface area (Å²) < 4.78 is 23.0. The van der Waals surface area contributed by atoms with E-state index in [-0.39, 0.29) is 32.2 Å². The zero-order valence-electron chi connectivity index (χ0n) is 62.0. The number of carbonyl (C=O) groups is 3. The number of unbranched alkanes of at least 4 members (excludes halogenated alkanes) is 32. The highest BCUT2D eigenvalue weighted by atomic mass is 16.7. The van der Waals surface area contributed by atoms with Crippen LogP contribution in [-0.2, 0) is 33.3 Å². The van der Waals surface area contributed by atoms with E-state index in [1.54, 1.807) is 0 Å². The molecule has 0 amide bonds. The molecule has 0 saturated carbocycles. The second kappa shape index (κ2) is 75.0. The highest BCUT2D eigenvalue weighted by molar-refractivity contribution is 5.71. The van der Waals surface area contributed by atoms with Crippen molar-refractivity contribution in [2.75, 3.05) is 47.5 Å². The summed E-state index contributed by atoms with van der Waals surface area (Å²) >= 11 is 0. The van der Waals surface area contributed by atoms with Crippen LogP contribution in [0, 0.1) is 0 Å². The van der Waals surface area contributed by atoms with Gasteiger partial charge >= 0.3 is 17.9 Å². The molecule has 0 bridgehead atoms. The van der Waals surface area contributed by atoms with Crippen LogP contribution >= 0.6 is 0 Å². The van der Waals surface area contributed by atoms with E-state index in [1.807, 2.05) is 21.1 Å². The standard InChI is InChI=1S/C86H145NO8/c1-6-8-10-12-14-16-18-20-22-24-26-28-30-32-34-36-37-38-39-40-41-42-43-44-45-46-47-49-51-53-55-57-59-61-63-65-67-69-71-73-75-77-84(89)95-82(81-94-86(85(90)91)92-79-78-87(3,4)5)80-93-83(88)76-74-72-70-68-66-64-62-60-58-56-54-52-50-48-35-33-31-29-27-25-23-21-19-17-15-13-11-9-7-2/h8-11,14-17,20-23,26-29,32-35,37-38,40-41,82,86H,6-7,12-13,18-19,24-25,30-31,36,39,42-81H2,1-5H3/p+1/b10-8-,11-9-,16-14-,17-15-,22-20-,23-21-,28-26-,29-27-,34-32-,35-33-,38-37-,41-40-. The van der Waals surface area contributed by atoms with Crippen LogP contribution in [0.4, 0.5) is 0 Å². The van der Waals surface area contributed by atoms with Gasteiger partial charge in [0.1, 0.15) is 13.2 Å². The van der Waals surface area contributed by atoms with Gasteiger partial charge in [0.05, 0.1) is 34.4 Å². The van der Waals surface area contributed by atoms with Crippen LogP contribution in [0.1, 0.15) is 322 Å². The molecule has 0 aliphatic rings. The fourth-order valence-electron chi connectivity index (χ4n) is 10.7. The second-order valence-corrected chi connectivity index (χ2v) is 26.9. The average Bonchev–Trinajstić information content (AvgIpc) is 3.54. The maximum absolute atomic E-state index is 13.0. The van der Waals surface area contributed by atoms with Gasteiger partial charge in [0.2, 0.25) is 0 Å². The van der Waals surface area contributed by atoms with Crippen LogP contribution in [0.5, 0.6) is 0 Å². The van der Waals surface area contributed by atoms with Crippen molar-refractivity contribution in [2.45, 2.75) is 334 Å². The maximum atomic E-state index is 13.0. The van der Waals surface area contributed by atoms with Crippen LogP contribution in [-0.4, -0.2) is 87.4 Å². The number of hydrogen-bond donors (Lipinski definition) is 1. The van der Waals surface area contributed by atoms with Gasteiger partial charge in [-0.2, -0.15) is 0 Å². The number of likely N-dealkylation sites (N-methyl/N-ethyl adjacent to an activating group) is 1. The Balaban J connectivity index is 4.04. The third-order valence-electron chi connectivity index (χ3n) is 16.6. The average molecular weight is 1320 g/mol.